The summed E-state index contributed by atoms with van der Waals surface area (Å²) in [6, 6.07) is 5.63. The Morgan fingerprint density at radius 2 is 1.78 bits per heavy atom. The first-order valence-corrected chi connectivity index (χ1v) is 5.58. The summed E-state index contributed by atoms with van der Waals surface area (Å²) in [6.45, 7) is 5.04. The minimum Gasteiger partial charge on any atom is -0.482 e. The van der Waals surface area contributed by atoms with Crippen LogP contribution < -0.4 is 10.5 Å². The Labute approximate surface area is 106 Å². The molecule has 0 aliphatic heterocycles. The van der Waals surface area contributed by atoms with Crippen molar-refractivity contribution in [3.63, 3.8) is 0 Å². The van der Waals surface area contributed by atoms with Crippen LogP contribution in [0.5, 0.6) is 5.75 Å². The summed E-state index contributed by atoms with van der Waals surface area (Å²) >= 11 is 0. The number of aryl methyl sites for hydroxylation is 2. The molecule has 0 aliphatic rings. The van der Waals surface area contributed by atoms with Crippen LogP contribution in [-0.2, 0) is 14.3 Å². The lowest BCUT2D eigenvalue weighted by molar-refractivity contribution is -0.155. The van der Waals surface area contributed by atoms with Crippen LogP contribution in [0, 0.1) is 13.8 Å². The monoisotopic (exact) mass is 251 g/mol. The molecular formula is C13H17NO4. The van der Waals surface area contributed by atoms with E-state index >= 15 is 0 Å². The molecule has 0 heterocycles. The Kier molecular flexibility index (Phi) is 4.71. The number of primary amides is 1. The number of benzene rings is 1. The zero-order valence-electron chi connectivity index (χ0n) is 10.7. The smallest absolute Gasteiger partial charge is 0.344 e. The maximum Gasteiger partial charge on any atom is 0.344 e. The molecule has 18 heavy (non-hydrogen) atoms. The van der Waals surface area contributed by atoms with Gasteiger partial charge < -0.3 is 15.2 Å². The lowest BCUT2D eigenvalue weighted by Crippen LogP contribution is -2.32. The van der Waals surface area contributed by atoms with Crippen LogP contribution in [0.4, 0.5) is 0 Å². The van der Waals surface area contributed by atoms with Gasteiger partial charge in [-0.2, -0.15) is 0 Å². The highest BCUT2D eigenvalue weighted by Gasteiger charge is 2.14. The number of rotatable bonds is 5. The molecule has 1 atom stereocenters. The van der Waals surface area contributed by atoms with E-state index in [1.807, 2.05) is 32.0 Å². The molecule has 0 unspecified atom stereocenters. The van der Waals surface area contributed by atoms with E-state index in [4.69, 9.17) is 15.2 Å². The Hall–Kier alpha value is -2.04. The predicted molar refractivity (Wildman–Crippen MR) is 66.2 cm³/mol. The van der Waals surface area contributed by atoms with Gasteiger partial charge in [-0.15, -0.1) is 0 Å². The molecule has 2 N–H and O–H groups in total. The standard InChI is InChI=1S/C13H17NO4/c1-8-4-9(2)6-11(5-8)17-7-12(15)18-10(3)13(14)16/h4-6,10H,7H2,1-3H3,(H2,14,16)/t10-/m1/s1. The summed E-state index contributed by atoms with van der Waals surface area (Å²) < 4.78 is 10.0. The summed E-state index contributed by atoms with van der Waals surface area (Å²) in [7, 11) is 0. The van der Waals surface area contributed by atoms with Crippen LogP contribution in [0.2, 0.25) is 0 Å². The molecule has 0 saturated heterocycles. The van der Waals surface area contributed by atoms with Crippen LogP contribution in [-0.4, -0.2) is 24.6 Å². The molecule has 0 radical (unpaired) electrons. The van der Waals surface area contributed by atoms with Gasteiger partial charge in [0.25, 0.3) is 5.91 Å². The van der Waals surface area contributed by atoms with Crippen molar-refractivity contribution in [2.75, 3.05) is 6.61 Å². The van der Waals surface area contributed by atoms with Crippen LogP contribution in [0.3, 0.4) is 0 Å². The minimum absolute atomic E-state index is 0.249. The third-order valence-corrected chi connectivity index (χ3v) is 2.26. The second-order valence-corrected chi connectivity index (χ2v) is 4.15. The van der Waals surface area contributed by atoms with Crippen molar-refractivity contribution in [3.8, 4) is 5.75 Å². The van der Waals surface area contributed by atoms with E-state index in [2.05, 4.69) is 0 Å². The zero-order valence-corrected chi connectivity index (χ0v) is 10.7. The van der Waals surface area contributed by atoms with Gasteiger partial charge in [-0.1, -0.05) is 6.07 Å². The molecular weight excluding hydrogens is 234 g/mol. The Balaban J connectivity index is 2.50. The molecule has 1 amide bonds. The predicted octanol–water partition coefficient (Wildman–Crippen LogP) is 1.10. The molecule has 5 nitrogen and oxygen atoms in total. The van der Waals surface area contributed by atoms with Crippen LogP contribution in [0.15, 0.2) is 18.2 Å². The number of nitrogens with two attached hydrogens (primary N) is 1. The van der Waals surface area contributed by atoms with Crippen LogP contribution in [0.1, 0.15) is 18.1 Å². The fraction of sp³-hybridized carbons (Fsp3) is 0.385. The topological polar surface area (TPSA) is 78.6 Å². The summed E-state index contributed by atoms with van der Waals surface area (Å²) in [6.07, 6.45) is -0.944. The van der Waals surface area contributed by atoms with Gasteiger partial charge in [0.1, 0.15) is 5.75 Å². The summed E-state index contributed by atoms with van der Waals surface area (Å²) in [5.41, 5.74) is 7.06. The van der Waals surface area contributed by atoms with Crippen molar-refractivity contribution >= 4 is 11.9 Å². The van der Waals surface area contributed by atoms with Gasteiger partial charge in [-0.05, 0) is 44.0 Å². The summed E-state index contributed by atoms with van der Waals surface area (Å²) in [5.74, 6) is -0.716. The molecule has 98 valence electrons. The maximum absolute atomic E-state index is 11.3. The molecule has 0 fully saturated rings. The van der Waals surface area contributed by atoms with E-state index < -0.39 is 18.0 Å². The Morgan fingerprint density at radius 1 is 1.22 bits per heavy atom. The molecule has 0 saturated carbocycles. The summed E-state index contributed by atoms with van der Waals surface area (Å²) in [5, 5.41) is 0. The lowest BCUT2D eigenvalue weighted by atomic mass is 10.1. The third kappa shape index (κ3) is 4.45. The second-order valence-electron chi connectivity index (χ2n) is 4.15. The highest BCUT2D eigenvalue weighted by atomic mass is 16.6. The molecule has 1 rings (SSSR count). The Morgan fingerprint density at radius 3 is 2.28 bits per heavy atom. The van der Waals surface area contributed by atoms with E-state index in [1.165, 1.54) is 6.92 Å². The van der Waals surface area contributed by atoms with Gasteiger partial charge in [-0.25, -0.2) is 4.79 Å². The van der Waals surface area contributed by atoms with E-state index in [-0.39, 0.29) is 6.61 Å². The first kappa shape index (κ1) is 14.0. The molecule has 0 bridgehead atoms. The average molecular weight is 251 g/mol. The average Bonchev–Trinajstić information content (AvgIpc) is 2.25. The largest absolute Gasteiger partial charge is 0.482 e. The van der Waals surface area contributed by atoms with Gasteiger partial charge in [0.15, 0.2) is 12.7 Å². The maximum atomic E-state index is 11.3. The molecule has 0 aromatic heterocycles. The zero-order chi connectivity index (χ0) is 13.7. The fourth-order valence-corrected chi connectivity index (χ4v) is 1.45. The first-order valence-electron chi connectivity index (χ1n) is 5.58. The normalized spacial score (nSPS) is 11.7. The van der Waals surface area contributed by atoms with Gasteiger partial charge in [0.2, 0.25) is 0 Å². The van der Waals surface area contributed by atoms with Gasteiger partial charge in [0.05, 0.1) is 0 Å². The number of ether oxygens (including phenoxy) is 2. The van der Waals surface area contributed by atoms with E-state index in [1.54, 1.807) is 0 Å². The first-order chi connectivity index (χ1) is 8.38. The van der Waals surface area contributed by atoms with Crippen molar-refractivity contribution in [2.45, 2.75) is 26.9 Å². The highest BCUT2D eigenvalue weighted by Crippen LogP contribution is 2.16. The van der Waals surface area contributed by atoms with Gasteiger partial charge in [0, 0.05) is 0 Å². The quantitative estimate of drug-likeness (QED) is 0.795. The third-order valence-electron chi connectivity index (χ3n) is 2.26. The van der Waals surface area contributed by atoms with Gasteiger partial charge >= 0.3 is 5.97 Å². The summed E-state index contributed by atoms with van der Waals surface area (Å²) in [4.78, 5) is 22.0. The van der Waals surface area contributed by atoms with Crippen LogP contribution >= 0.6 is 0 Å². The van der Waals surface area contributed by atoms with Gasteiger partial charge in [-0.3, -0.25) is 4.79 Å². The number of carbonyl (C=O) groups excluding carboxylic acids is 2. The fourth-order valence-electron chi connectivity index (χ4n) is 1.45. The van der Waals surface area contributed by atoms with E-state index in [9.17, 15) is 9.59 Å². The number of hydrogen-bond acceptors (Lipinski definition) is 4. The molecule has 5 heteroatoms. The van der Waals surface area contributed by atoms with E-state index in [0.29, 0.717) is 5.75 Å². The SMILES string of the molecule is Cc1cc(C)cc(OCC(=O)O[C@H](C)C(N)=O)c1. The molecule has 1 aromatic carbocycles. The molecule has 1 aromatic rings. The van der Waals surface area contributed by atoms with Crippen molar-refractivity contribution in [2.24, 2.45) is 5.73 Å². The van der Waals surface area contributed by atoms with Crippen molar-refractivity contribution < 1.29 is 19.1 Å². The number of esters is 1. The number of hydrogen-bond donors (Lipinski definition) is 1. The second kappa shape index (κ2) is 6.05. The lowest BCUT2D eigenvalue weighted by Gasteiger charge is -2.11. The van der Waals surface area contributed by atoms with Crippen molar-refractivity contribution in [1.82, 2.24) is 0 Å². The van der Waals surface area contributed by atoms with Crippen molar-refractivity contribution in [1.29, 1.82) is 0 Å². The van der Waals surface area contributed by atoms with Crippen molar-refractivity contribution in [3.05, 3.63) is 29.3 Å². The minimum atomic E-state index is -0.944. The van der Waals surface area contributed by atoms with E-state index in [0.717, 1.165) is 11.1 Å². The van der Waals surface area contributed by atoms with Crippen LogP contribution in [0.25, 0.3) is 0 Å². The highest BCUT2D eigenvalue weighted by molar-refractivity contribution is 5.82. The molecule has 0 aliphatic carbocycles. The number of amides is 1. The molecule has 0 spiro atoms. The number of carbonyl (C=O) groups is 2. The Bertz CT molecular complexity index is 436.